The lowest BCUT2D eigenvalue weighted by molar-refractivity contribution is -0.151. The quantitative estimate of drug-likeness (QED) is 0.610. The molecule has 1 aromatic carbocycles. The summed E-state index contributed by atoms with van der Waals surface area (Å²) in [7, 11) is 0. The third-order valence-corrected chi connectivity index (χ3v) is 6.05. The first-order valence-electron chi connectivity index (χ1n) is 10.1. The van der Waals surface area contributed by atoms with Crippen LogP contribution < -0.4 is 0 Å². The smallest absolute Gasteiger partial charge is 0.310 e. The number of aliphatic carboxylic acids is 1. The second kappa shape index (κ2) is 9.04. The molecule has 4 rings (SSSR count). The van der Waals surface area contributed by atoms with E-state index < -0.39 is 23.1 Å². The van der Waals surface area contributed by atoms with Gasteiger partial charge in [-0.2, -0.15) is 0 Å². The molecule has 3 heterocycles. The van der Waals surface area contributed by atoms with Gasteiger partial charge in [0.05, 0.1) is 23.2 Å². The number of likely N-dealkylation sites (tertiary alicyclic amines) is 1. The van der Waals surface area contributed by atoms with Crippen molar-refractivity contribution in [2.75, 3.05) is 13.1 Å². The molecule has 0 spiro atoms. The summed E-state index contributed by atoms with van der Waals surface area (Å²) in [6.45, 7) is 0.896. The number of carboxylic acid groups (broad SMARTS) is 1. The third-order valence-electron chi connectivity index (χ3n) is 5.82. The number of aromatic nitrogens is 4. The Labute approximate surface area is 188 Å². The van der Waals surface area contributed by atoms with Crippen molar-refractivity contribution in [1.29, 1.82) is 0 Å². The molecule has 1 amide bonds. The predicted octanol–water partition coefficient (Wildman–Crippen LogP) is 3.06. The number of carbonyl (C=O) groups is 2. The average Bonchev–Trinajstić information content (AvgIpc) is 3.22. The Kier molecular flexibility index (Phi) is 6.18. The topological polar surface area (TPSA) is 101 Å². The van der Waals surface area contributed by atoms with E-state index in [9.17, 15) is 19.1 Å². The van der Waals surface area contributed by atoms with Gasteiger partial charge in [0.2, 0.25) is 0 Å². The number of amides is 1. The van der Waals surface area contributed by atoms with Crippen LogP contribution in [0, 0.1) is 11.2 Å². The summed E-state index contributed by atoms with van der Waals surface area (Å²) < 4.78 is 15.7. The zero-order valence-electron chi connectivity index (χ0n) is 17.1. The molecule has 0 unspecified atom stereocenters. The number of carbonyl (C=O) groups excluding carboxylic acids is 1. The van der Waals surface area contributed by atoms with Crippen molar-refractivity contribution in [3.05, 3.63) is 76.6 Å². The minimum Gasteiger partial charge on any atom is -0.481 e. The summed E-state index contributed by atoms with van der Waals surface area (Å²) in [5.41, 5.74) is 0.396. The normalized spacial score (nSPS) is 15.5. The fourth-order valence-corrected chi connectivity index (χ4v) is 4.13. The summed E-state index contributed by atoms with van der Waals surface area (Å²) in [6.07, 6.45) is 5.78. The Morgan fingerprint density at radius 3 is 2.56 bits per heavy atom. The van der Waals surface area contributed by atoms with Gasteiger partial charge in [0, 0.05) is 43.1 Å². The zero-order chi connectivity index (χ0) is 22.7. The van der Waals surface area contributed by atoms with Crippen molar-refractivity contribution >= 4 is 23.5 Å². The Bertz CT molecular complexity index is 1130. The number of pyridine rings is 1. The monoisotopic (exact) mass is 457 g/mol. The number of hydrogen-bond acceptors (Lipinski definition) is 5. The summed E-state index contributed by atoms with van der Waals surface area (Å²) in [6, 6.07) is 7.56. The maximum Gasteiger partial charge on any atom is 0.310 e. The molecule has 0 aliphatic carbocycles. The van der Waals surface area contributed by atoms with E-state index in [0.717, 1.165) is 11.6 Å². The second-order valence-electron chi connectivity index (χ2n) is 7.94. The van der Waals surface area contributed by atoms with Crippen molar-refractivity contribution in [2.24, 2.45) is 5.41 Å². The summed E-state index contributed by atoms with van der Waals surface area (Å²) in [4.78, 5) is 30.4. The molecule has 3 aromatic rings. The molecule has 2 aromatic heterocycles. The molecular formula is C22H21ClFN5O3. The van der Waals surface area contributed by atoms with Crippen LogP contribution in [0.3, 0.4) is 0 Å². The standard InChI is InChI=1S/C22H21ClFN5O3/c23-16-1-2-19(24)18(11-16)20(30)28-9-5-22(6-10-28,21(31)32)12-17-14-29(27-26-17)13-15-3-7-25-8-4-15/h1-4,7-8,11,14H,5-6,9-10,12-13H2,(H,31,32). The molecule has 0 atom stereocenters. The highest BCUT2D eigenvalue weighted by atomic mass is 35.5. The molecule has 0 saturated carbocycles. The number of nitrogens with zero attached hydrogens (tertiary/aromatic N) is 5. The van der Waals surface area contributed by atoms with Gasteiger partial charge < -0.3 is 10.0 Å². The van der Waals surface area contributed by atoms with Gasteiger partial charge in [0.1, 0.15) is 5.82 Å². The molecule has 1 fully saturated rings. The highest BCUT2D eigenvalue weighted by Crippen LogP contribution is 2.36. The Hall–Kier alpha value is -3.33. The number of rotatable bonds is 6. The van der Waals surface area contributed by atoms with Gasteiger partial charge in [-0.25, -0.2) is 9.07 Å². The largest absolute Gasteiger partial charge is 0.481 e. The molecule has 1 aliphatic heterocycles. The lowest BCUT2D eigenvalue weighted by atomic mass is 9.75. The predicted molar refractivity (Wildman–Crippen MR) is 114 cm³/mol. The van der Waals surface area contributed by atoms with Gasteiger partial charge >= 0.3 is 5.97 Å². The van der Waals surface area contributed by atoms with Gasteiger partial charge in [0.25, 0.3) is 5.91 Å². The molecule has 1 N–H and O–H groups in total. The highest BCUT2D eigenvalue weighted by Gasteiger charge is 2.43. The minimum atomic E-state index is -1.07. The van der Waals surface area contributed by atoms with Gasteiger partial charge in [0.15, 0.2) is 0 Å². The molecule has 0 radical (unpaired) electrons. The Balaban J connectivity index is 1.44. The lowest BCUT2D eigenvalue weighted by Crippen LogP contribution is -2.47. The molecular weight excluding hydrogens is 437 g/mol. The van der Waals surface area contributed by atoms with E-state index in [1.54, 1.807) is 23.3 Å². The highest BCUT2D eigenvalue weighted by molar-refractivity contribution is 6.31. The number of benzene rings is 1. The average molecular weight is 458 g/mol. The summed E-state index contributed by atoms with van der Waals surface area (Å²) >= 11 is 5.90. The third kappa shape index (κ3) is 4.62. The molecule has 1 aliphatic rings. The van der Waals surface area contributed by atoms with Crippen molar-refractivity contribution in [3.8, 4) is 0 Å². The molecule has 10 heteroatoms. The van der Waals surface area contributed by atoms with E-state index >= 15 is 0 Å². The van der Waals surface area contributed by atoms with E-state index in [-0.39, 0.29) is 42.9 Å². The van der Waals surface area contributed by atoms with Crippen LogP contribution in [0.4, 0.5) is 4.39 Å². The van der Waals surface area contributed by atoms with E-state index in [4.69, 9.17) is 11.6 Å². The Morgan fingerprint density at radius 1 is 1.16 bits per heavy atom. The van der Waals surface area contributed by atoms with Crippen LogP contribution in [0.5, 0.6) is 0 Å². The lowest BCUT2D eigenvalue weighted by Gasteiger charge is -2.38. The van der Waals surface area contributed by atoms with Crippen molar-refractivity contribution in [2.45, 2.75) is 25.8 Å². The van der Waals surface area contributed by atoms with Crippen molar-refractivity contribution < 1.29 is 19.1 Å². The van der Waals surface area contributed by atoms with Crippen LogP contribution >= 0.6 is 11.6 Å². The van der Waals surface area contributed by atoms with Crippen LogP contribution in [0.1, 0.15) is 34.5 Å². The molecule has 32 heavy (non-hydrogen) atoms. The first kappa shape index (κ1) is 21.9. The van der Waals surface area contributed by atoms with Gasteiger partial charge in [-0.3, -0.25) is 14.6 Å². The minimum absolute atomic E-state index is 0.112. The number of carboxylic acids is 1. The first-order chi connectivity index (χ1) is 15.4. The molecule has 8 nitrogen and oxygen atoms in total. The molecule has 166 valence electrons. The van der Waals surface area contributed by atoms with E-state index in [1.165, 1.54) is 17.0 Å². The van der Waals surface area contributed by atoms with Gasteiger partial charge in [-0.15, -0.1) is 5.10 Å². The van der Waals surface area contributed by atoms with E-state index in [1.807, 2.05) is 12.1 Å². The fraction of sp³-hybridized carbons (Fsp3) is 0.318. The second-order valence-corrected chi connectivity index (χ2v) is 8.38. The van der Waals surface area contributed by atoms with Crippen LogP contribution in [0.15, 0.2) is 48.9 Å². The Morgan fingerprint density at radius 2 is 1.88 bits per heavy atom. The first-order valence-corrected chi connectivity index (χ1v) is 10.5. The zero-order valence-corrected chi connectivity index (χ0v) is 17.9. The molecule has 0 bridgehead atoms. The van der Waals surface area contributed by atoms with Crippen LogP contribution in [-0.4, -0.2) is 55.0 Å². The SMILES string of the molecule is O=C(c1cc(Cl)ccc1F)N1CCC(Cc2cn(Cc3ccncc3)nn2)(C(=O)O)CC1. The van der Waals surface area contributed by atoms with Crippen LogP contribution in [0.25, 0.3) is 0 Å². The van der Waals surface area contributed by atoms with Gasteiger partial charge in [-0.1, -0.05) is 16.8 Å². The maximum absolute atomic E-state index is 14.1. The van der Waals surface area contributed by atoms with Crippen molar-refractivity contribution in [3.63, 3.8) is 0 Å². The maximum atomic E-state index is 14.1. The molecule has 1 saturated heterocycles. The van der Waals surface area contributed by atoms with Crippen LogP contribution in [-0.2, 0) is 17.8 Å². The number of halogens is 2. The van der Waals surface area contributed by atoms with E-state index in [2.05, 4.69) is 15.3 Å². The summed E-state index contributed by atoms with van der Waals surface area (Å²) in [5.74, 6) is -2.09. The van der Waals surface area contributed by atoms with Crippen LogP contribution in [0.2, 0.25) is 5.02 Å². The number of piperidine rings is 1. The number of hydrogen-bond donors (Lipinski definition) is 1. The van der Waals surface area contributed by atoms with Gasteiger partial charge in [-0.05, 0) is 48.7 Å². The van der Waals surface area contributed by atoms with E-state index in [0.29, 0.717) is 12.2 Å². The van der Waals surface area contributed by atoms with Crippen molar-refractivity contribution in [1.82, 2.24) is 24.9 Å². The fourth-order valence-electron chi connectivity index (χ4n) is 3.95. The summed E-state index contributed by atoms with van der Waals surface area (Å²) in [5, 5.41) is 18.5.